The summed E-state index contributed by atoms with van der Waals surface area (Å²) in [6.07, 6.45) is 1.46. The van der Waals surface area contributed by atoms with Gasteiger partial charge in [-0.05, 0) is 57.4 Å². The quantitative estimate of drug-likeness (QED) is 0.156. The van der Waals surface area contributed by atoms with E-state index in [9.17, 15) is 20.2 Å². The zero-order valence-corrected chi connectivity index (χ0v) is 20.3. The molecule has 3 aromatic rings. The highest BCUT2D eigenvalue weighted by molar-refractivity contribution is 9.11. The van der Waals surface area contributed by atoms with Gasteiger partial charge in [-0.15, -0.1) is 0 Å². The van der Waals surface area contributed by atoms with Gasteiger partial charge in [0, 0.05) is 28.7 Å². The first-order valence-electron chi connectivity index (χ1n) is 9.66. The van der Waals surface area contributed by atoms with Crippen molar-refractivity contribution in [2.45, 2.75) is 13.2 Å². The molecule has 0 atom stereocenters. The van der Waals surface area contributed by atoms with Gasteiger partial charge in [0.1, 0.15) is 24.0 Å². The molecule has 33 heavy (non-hydrogen) atoms. The molecule has 1 N–H and O–H groups in total. The van der Waals surface area contributed by atoms with Gasteiger partial charge in [0.15, 0.2) is 0 Å². The summed E-state index contributed by atoms with van der Waals surface area (Å²) >= 11 is 6.87. The number of hydrogen-bond donors (Lipinski definition) is 1. The summed E-state index contributed by atoms with van der Waals surface area (Å²) in [4.78, 5) is 22.9. The number of non-ortho nitro benzene ring substituents is 1. The van der Waals surface area contributed by atoms with Crippen molar-refractivity contribution in [2.24, 2.45) is 0 Å². The minimum atomic E-state index is -0.501. The highest BCUT2D eigenvalue weighted by Crippen LogP contribution is 2.35. The van der Waals surface area contributed by atoms with Crippen LogP contribution in [0.4, 0.5) is 5.69 Å². The number of nitriles is 1. The number of carbonyl (C=O) groups excluding carboxylic acids is 1. The molecule has 0 unspecified atom stereocenters. The van der Waals surface area contributed by atoms with E-state index in [1.807, 2.05) is 36.4 Å². The fourth-order valence-electron chi connectivity index (χ4n) is 2.89. The summed E-state index contributed by atoms with van der Waals surface area (Å²) in [5.74, 6) is -0.0704. The average molecular weight is 571 g/mol. The minimum absolute atomic E-state index is 0.00706. The molecule has 1 amide bonds. The Balaban J connectivity index is 1.80. The van der Waals surface area contributed by atoms with E-state index in [-0.39, 0.29) is 17.9 Å². The lowest BCUT2D eigenvalue weighted by molar-refractivity contribution is -0.384. The van der Waals surface area contributed by atoms with E-state index < -0.39 is 10.8 Å². The smallest absolute Gasteiger partial charge is 0.269 e. The number of amides is 1. The molecule has 166 valence electrons. The molecule has 0 bridgehead atoms. The van der Waals surface area contributed by atoms with E-state index in [2.05, 4.69) is 37.2 Å². The van der Waals surface area contributed by atoms with E-state index in [0.29, 0.717) is 22.3 Å². The van der Waals surface area contributed by atoms with E-state index in [0.717, 1.165) is 15.6 Å². The predicted molar refractivity (Wildman–Crippen MR) is 131 cm³/mol. The molecule has 0 aliphatic rings. The van der Waals surface area contributed by atoms with Gasteiger partial charge in [-0.2, -0.15) is 5.26 Å². The second-order valence-corrected chi connectivity index (χ2v) is 8.63. The number of halogens is 2. The lowest BCUT2D eigenvalue weighted by Crippen LogP contribution is -2.23. The van der Waals surface area contributed by atoms with Crippen LogP contribution in [0.2, 0.25) is 0 Å². The van der Waals surface area contributed by atoms with Crippen molar-refractivity contribution >= 4 is 49.5 Å². The summed E-state index contributed by atoms with van der Waals surface area (Å²) < 4.78 is 7.29. The van der Waals surface area contributed by atoms with Crippen LogP contribution in [0.3, 0.4) is 0 Å². The SMILES string of the molecule is N#C/C(=C\c1cc(Br)cc(Br)c1OCc1ccc([N+](=O)[O-])cc1)C(=O)NCc1ccccc1. The fourth-order valence-corrected chi connectivity index (χ4v) is 4.26. The summed E-state index contributed by atoms with van der Waals surface area (Å²) in [7, 11) is 0. The minimum Gasteiger partial charge on any atom is -0.487 e. The maximum Gasteiger partial charge on any atom is 0.269 e. The number of nitro benzene ring substituents is 1. The maximum absolute atomic E-state index is 12.6. The molecule has 0 heterocycles. The molecule has 3 rings (SSSR count). The van der Waals surface area contributed by atoms with Crippen molar-refractivity contribution in [3.05, 3.63) is 108 Å². The number of nitrogens with one attached hydrogen (secondary N) is 1. The molecule has 0 aliphatic carbocycles. The van der Waals surface area contributed by atoms with Crippen LogP contribution < -0.4 is 10.1 Å². The van der Waals surface area contributed by atoms with Gasteiger partial charge in [0.2, 0.25) is 0 Å². The van der Waals surface area contributed by atoms with Crippen molar-refractivity contribution in [1.82, 2.24) is 5.32 Å². The monoisotopic (exact) mass is 569 g/mol. The number of nitrogens with zero attached hydrogens (tertiary/aromatic N) is 2. The molecule has 0 aliphatic heterocycles. The fraction of sp³-hybridized carbons (Fsp3) is 0.0833. The first kappa shape index (κ1) is 24.2. The van der Waals surface area contributed by atoms with Crippen LogP contribution in [-0.2, 0) is 17.9 Å². The maximum atomic E-state index is 12.6. The standard InChI is InChI=1S/C24H17Br2N3O4/c25-20-11-18(10-19(13-27)24(30)28-14-16-4-2-1-3-5-16)23(22(26)12-20)33-15-17-6-8-21(9-7-17)29(31)32/h1-12H,14-15H2,(H,28,30)/b19-10+. The van der Waals surface area contributed by atoms with Gasteiger partial charge < -0.3 is 10.1 Å². The second-order valence-electron chi connectivity index (χ2n) is 6.86. The van der Waals surface area contributed by atoms with Gasteiger partial charge >= 0.3 is 0 Å². The lowest BCUT2D eigenvalue weighted by atomic mass is 10.1. The van der Waals surface area contributed by atoms with Crippen molar-refractivity contribution in [3.63, 3.8) is 0 Å². The molecular weight excluding hydrogens is 554 g/mol. The number of benzene rings is 3. The van der Waals surface area contributed by atoms with Crippen molar-refractivity contribution in [2.75, 3.05) is 0 Å². The average Bonchev–Trinajstić information content (AvgIpc) is 2.81. The lowest BCUT2D eigenvalue weighted by Gasteiger charge is -2.13. The first-order chi connectivity index (χ1) is 15.9. The van der Waals surface area contributed by atoms with Gasteiger partial charge in [0.05, 0.1) is 9.40 Å². The Morgan fingerprint density at radius 2 is 1.79 bits per heavy atom. The van der Waals surface area contributed by atoms with Crippen molar-refractivity contribution < 1.29 is 14.5 Å². The normalized spacial score (nSPS) is 10.9. The zero-order valence-electron chi connectivity index (χ0n) is 17.1. The van der Waals surface area contributed by atoms with Crippen LogP contribution in [0.15, 0.2) is 81.2 Å². The summed E-state index contributed by atoms with van der Waals surface area (Å²) in [6, 6.07) is 20.9. The van der Waals surface area contributed by atoms with Gasteiger partial charge in [-0.1, -0.05) is 46.3 Å². The first-order valence-corrected chi connectivity index (χ1v) is 11.2. The van der Waals surface area contributed by atoms with E-state index in [1.54, 1.807) is 24.3 Å². The van der Waals surface area contributed by atoms with Crippen LogP contribution in [0.1, 0.15) is 16.7 Å². The van der Waals surface area contributed by atoms with Crippen molar-refractivity contribution in [3.8, 4) is 11.8 Å². The van der Waals surface area contributed by atoms with Crippen LogP contribution in [0.5, 0.6) is 5.75 Å². The van der Waals surface area contributed by atoms with Gasteiger partial charge in [-0.3, -0.25) is 14.9 Å². The van der Waals surface area contributed by atoms with Crippen LogP contribution >= 0.6 is 31.9 Å². The Hall–Kier alpha value is -3.48. The molecular formula is C24H17Br2N3O4. The third-order valence-electron chi connectivity index (χ3n) is 4.53. The number of rotatable bonds is 8. The molecule has 0 fully saturated rings. The molecule has 0 saturated carbocycles. The second kappa shape index (κ2) is 11.4. The Bertz CT molecular complexity index is 1240. The number of ether oxygens (including phenoxy) is 1. The molecule has 7 nitrogen and oxygen atoms in total. The molecule has 0 aromatic heterocycles. The highest BCUT2D eigenvalue weighted by atomic mass is 79.9. The Labute approximate surface area is 207 Å². The summed E-state index contributed by atoms with van der Waals surface area (Å²) in [5, 5.41) is 23.1. The molecule has 0 radical (unpaired) electrons. The number of carbonyl (C=O) groups is 1. The van der Waals surface area contributed by atoms with Crippen molar-refractivity contribution in [1.29, 1.82) is 5.26 Å². The summed E-state index contributed by atoms with van der Waals surface area (Å²) in [5.41, 5.74) is 2.08. The number of nitro groups is 1. The molecule has 0 spiro atoms. The van der Waals surface area contributed by atoms with Crippen LogP contribution in [0, 0.1) is 21.4 Å². The largest absolute Gasteiger partial charge is 0.487 e. The molecule has 9 heteroatoms. The predicted octanol–water partition coefficient (Wildman–Crippen LogP) is 5.92. The van der Waals surface area contributed by atoms with E-state index in [4.69, 9.17) is 4.74 Å². The zero-order chi connectivity index (χ0) is 23.8. The highest BCUT2D eigenvalue weighted by Gasteiger charge is 2.14. The van der Waals surface area contributed by atoms with E-state index >= 15 is 0 Å². The van der Waals surface area contributed by atoms with Crippen LogP contribution in [0.25, 0.3) is 6.08 Å². The van der Waals surface area contributed by atoms with E-state index in [1.165, 1.54) is 18.2 Å². The Morgan fingerprint density at radius 1 is 1.09 bits per heavy atom. The van der Waals surface area contributed by atoms with Gasteiger partial charge in [0.25, 0.3) is 11.6 Å². The Kier molecular flexibility index (Phi) is 8.35. The Morgan fingerprint density at radius 3 is 2.42 bits per heavy atom. The number of hydrogen-bond acceptors (Lipinski definition) is 5. The summed E-state index contributed by atoms with van der Waals surface area (Å²) in [6.45, 7) is 0.436. The van der Waals surface area contributed by atoms with Gasteiger partial charge in [-0.25, -0.2) is 0 Å². The topological polar surface area (TPSA) is 105 Å². The third kappa shape index (κ3) is 6.75. The molecule has 3 aromatic carbocycles. The third-order valence-corrected chi connectivity index (χ3v) is 5.58. The molecule has 0 saturated heterocycles. The van der Waals surface area contributed by atoms with Crippen LogP contribution in [-0.4, -0.2) is 10.8 Å².